The lowest BCUT2D eigenvalue weighted by molar-refractivity contribution is -0.141. The molecule has 8 heteroatoms. The molecule has 1 aliphatic carbocycles. The average molecular weight is 349 g/mol. The van der Waals surface area contributed by atoms with Crippen LogP contribution < -0.4 is 0 Å². The third kappa shape index (κ3) is 2.68. The molecule has 2 heterocycles. The third-order valence-electron chi connectivity index (χ3n) is 5.07. The molecule has 0 spiro atoms. The molecule has 1 aromatic heterocycles. The molecule has 7 nitrogen and oxygen atoms in total. The third-order valence-corrected chi connectivity index (χ3v) is 6.97. The molecule has 1 N–H and O–H groups in total. The lowest BCUT2D eigenvalue weighted by Crippen LogP contribution is -2.46. The van der Waals surface area contributed by atoms with Gasteiger partial charge >= 0.3 is 5.97 Å². The van der Waals surface area contributed by atoms with Crippen molar-refractivity contribution >= 4 is 16.0 Å². The van der Waals surface area contributed by atoms with Gasteiger partial charge in [-0.15, -0.1) is 0 Å². The fourth-order valence-corrected chi connectivity index (χ4v) is 5.71. The Kier molecular flexibility index (Phi) is 4.32. The summed E-state index contributed by atoms with van der Waals surface area (Å²) in [4.78, 5) is 15.5. The highest BCUT2D eigenvalue weighted by Crippen LogP contribution is 2.42. The summed E-state index contributed by atoms with van der Waals surface area (Å²) in [5.74, 6) is -1.03. The molecular formula is C16H19N3O4S. The van der Waals surface area contributed by atoms with Crippen LogP contribution in [0.4, 0.5) is 0 Å². The van der Waals surface area contributed by atoms with E-state index in [4.69, 9.17) is 5.26 Å². The minimum atomic E-state index is -4.01. The number of rotatable bonds is 3. The molecule has 1 aliphatic heterocycles. The monoisotopic (exact) mass is 349 g/mol. The van der Waals surface area contributed by atoms with Crippen LogP contribution in [0.15, 0.2) is 17.2 Å². The zero-order valence-corrected chi connectivity index (χ0v) is 14.2. The molecule has 3 atom stereocenters. The van der Waals surface area contributed by atoms with Crippen LogP contribution in [0.3, 0.4) is 0 Å². The van der Waals surface area contributed by atoms with Crippen LogP contribution in [0, 0.1) is 24.2 Å². The summed E-state index contributed by atoms with van der Waals surface area (Å²) in [6.07, 6.45) is 5.00. The minimum Gasteiger partial charge on any atom is -0.480 e. The number of pyridine rings is 1. The van der Waals surface area contributed by atoms with Gasteiger partial charge in [-0.1, -0.05) is 12.8 Å². The Hall–Kier alpha value is -1.98. The van der Waals surface area contributed by atoms with Gasteiger partial charge in [0, 0.05) is 12.2 Å². The molecule has 2 aliphatic rings. The number of carboxylic acid groups (broad SMARTS) is 1. The lowest BCUT2D eigenvalue weighted by Gasteiger charge is -2.32. The van der Waals surface area contributed by atoms with E-state index in [1.807, 2.05) is 6.07 Å². The van der Waals surface area contributed by atoms with Crippen LogP contribution in [-0.2, 0) is 14.8 Å². The predicted octanol–water partition coefficient (Wildman–Crippen LogP) is 1.67. The number of aryl methyl sites for hydroxylation is 1. The Balaban J connectivity index is 2.06. The summed E-state index contributed by atoms with van der Waals surface area (Å²) < 4.78 is 27.4. The molecule has 0 amide bonds. The van der Waals surface area contributed by atoms with Gasteiger partial charge in [0.15, 0.2) is 0 Å². The topological polar surface area (TPSA) is 111 Å². The highest BCUT2D eigenvalue weighted by atomic mass is 32.2. The number of nitriles is 1. The van der Waals surface area contributed by atoms with Crippen molar-refractivity contribution in [3.63, 3.8) is 0 Å². The van der Waals surface area contributed by atoms with Gasteiger partial charge in [0.05, 0.1) is 11.3 Å². The zero-order valence-electron chi connectivity index (χ0n) is 13.3. The number of aliphatic carboxylic acids is 1. The van der Waals surface area contributed by atoms with E-state index in [0.717, 1.165) is 23.6 Å². The van der Waals surface area contributed by atoms with Crippen molar-refractivity contribution in [1.29, 1.82) is 5.26 Å². The van der Waals surface area contributed by atoms with Gasteiger partial charge in [0.25, 0.3) is 0 Å². The lowest BCUT2D eigenvalue weighted by atomic mass is 9.85. The molecular weight excluding hydrogens is 330 g/mol. The second-order valence-corrected chi connectivity index (χ2v) is 8.30. The van der Waals surface area contributed by atoms with E-state index < -0.39 is 22.0 Å². The molecule has 1 saturated carbocycles. The van der Waals surface area contributed by atoms with E-state index in [2.05, 4.69) is 4.98 Å². The van der Waals surface area contributed by atoms with Crippen molar-refractivity contribution in [3.8, 4) is 6.07 Å². The second kappa shape index (κ2) is 6.15. The largest absolute Gasteiger partial charge is 0.480 e. The van der Waals surface area contributed by atoms with Gasteiger partial charge in [-0.3, -0.25) is 9.78 Å². The van der Waals surface area contributed by atoms with Gasteiger partial charge in [0.2, 0.25) is 10.0 Å². The SMILES string of the molecule is Cc1ncc(S(=O)(=O)N2C(C(=O)O)CC3CCCCC32)cc1C#N. The quantitative estimate of drug-likeness (QED) is 0.888. The normalized spacial score (nSPS) is 27.4. The molecule has 0 radical (unpaired) electrons. The number of aromatic nitrogens is 1. The number of carbonyl (C=O) groups is 1. The van der Waals surface area contributed by atoms with E-state index in [-0.39, 0.29) is 22.4 Å². The van der Waals surface area contributed by atoms with Crippen LogP contribution in [0.25, 0.3) is 0 Å². The average Bonchev–Trinajstić information content (AvgIpc) is 2.95. The maximum Gasteiger partial charge on any atom is 0.322 e. The standard InChI is InChI=1S/C16H19N3O4S/c1-10-12(8-17)6-13(9-18-10)24(22,23)19-14-5-3-2-4-11(14)7-15(19)16(20)21/h6,9,11,14-15H,2-5,7H2,1H3,(H,20,21). The van der Waals surface area contributed by atoms with E-state index in [1.165, 1.54) is 12.3 Å². The Morgan fingerprint density at radius 2 is 2.12 bits per heavy atom. The number of hydrogen-bond acceptors (Lipinski definition) is 5. The van der Waals surface area contributed by atoms with Crippen molar-refractivity contribution < 1.29 is 18.3 Å². The van der Waals surface area contributed by atoms with Crippen molar-refractivity contribution in [2.24, 2.45) is 5.92 Å². The zero-order chi connectivity index (χ0) is 17.5. The van der Waals surface area contributed by atoms with E-state index >= 15 is 0 Å². The molecule has 0 aromatic carbocycles. The second-order valence-electron chi connectivity index (χ2n) is 6.45. The molecule has 1 saturated heterocycles. The van der Waals surface area contributed by atoms with Crippen LogP contribution in [0.1, 0.15) is 43.4 Å². The summed E-state index contributed by atoms with van der Waals surface area (Å²) in [6.45, 7) is 1.63. The van der Waals surface area contributed by atoms with E-state index in [1.54, 1.807) is 6.92 Å². The Morgan fingerprint density at radius 1 is 1.42 bits per heavy atom. The van der Waals surface area contributed by atoms with Gasteiger partial charge in [0.1, 0.15) is 17.0 Å². The Labute approximate surface area is 141 Å². The minimum absolute atomic E-state index is 0.0865. The maximum absolute atomic E-state index is 13.1. The van der Waals surface area contributed by atoms with Gasteiger partial charge in [-0.2, -0.15) is 9.57 Å². The maximum atomic E-state index is 13.1. The fraction of sp³-hybridized carbons (Fsp3) is 0.562. The summed E-state index contributed by atoms with van der Waals surface area (Å²) in [5.41, 5.74) is 0.630. The first kappa shape index (κ1) is 16.9. The number of sulfonamides is 1. The summed E-state index contributed by atoms with van der Waals surface area (Å²) in [6, 6.07) is 1.88. The van der Waals surface area contributed by atoms with Crippen LogP contribution >= 0.6 is 0 Å². The van der Waals surface area contributed by atoms with Crippen LogP contribution in [0.5, 0.6) is 0 Å². The summed E-state index contributed by atoms with van der Waals surface area (Å²) >= 11 is 0. The number of fused-ring (bicyclic) bond motifs is 1. The fourth-order valence-electron chi connectivity index (χ4n) is 3.87. The highest BCUT2D eigenvalue weighted by molar-refractivity contribution is 7.89. The molecule has 2 fully saturated rings. The van der Waals surface area contributed by atoms with Gasteiger partial charge < -0.3 is 5.11 Å². The van der Waals surface area contributed by atoms with E-state index in [0.29, 0.717) is 18.5 Å². The summed E-state index contributed by atoms with van der Waals surface area (Å²) in [7, 11) is -4.01. The predicted molar refractivity (Wildman–Crippen MR) is 84.5 cm³/mol. The first-order valence-corrected chi connectivity index (χ1v) is 9.43. The van der Waals surface area contributed by atoms with E-state index in [9.17, 15) is 18.3 Å². The van der Waals surface area contributed by atoms with Gasteiger partial charge in [-0.05, 0) is 38.2 Å². The van der Waals surface area contributed by atoms with Crippen molar-refractivity contribution in [3.05, 3.63) is 23.5 Å². The number of carboxylic acids is 1. The molecule has 3 rings (SSSR count). The smallest absolute Gasteiger partial charge is 0.322 e. The number of hydrogen-bond donors (Lipinski definition) is 1. The van der Waals surface area contributed by atoms with Crippen molar-refractivity contribution in [1.82, 2.24) is 9.29 Å². The van der Waals surface area contributed by atoms with Gasteiger partial charge in [-0.25, -0.2) is 8.42 Å². The van der Waals surface area contributed by atoms with Crippen molar-refractivity contribution in [2.75, 3.05) is 0 Å². The first-order chi connectivity index (χ1) is 11.4. The van der Waals surface area contributed by atoms with Crippen LogP contribution in [-0.4, -0.2) is 40.9 Å². The Morgan fingerprint density at radius 3 is 2.79 bits per heavy atom. The Bertz CT molecular complexity index is 815. The van der Waals surface area contributed by atoms with Crippen molar-refractivity contribution in [2.45, 2.75) is 56.0 Å². The highest BCUT2D eigenvalue weighted by Gasteiger charge is 2.51. The molecule has 0 bridgehead atoms. The molecule has 128 valence electrons. The first-order valence-electron chi connectivity index (χ1n) is 7.99. The molecule has 24 heavy (non-hydrogen) atoms. The molecule has 3 unspecified atom stereocenters. The van der Waals surface area contributed by atoms with Crippen LogP contribution in [0.2, 0.25) is 0 Å². The number of nitrogens with zero attached hydrogens (tertiary/aromatic N) is 3. The summed E-state index contributed by atoms with van der Waals surface area (Å²) in [5, 5.41) is 18.6. The molecule has 1 aromatic rings.